The lowest BCUT2D eigenvalue weighted by Gasteiger charge is -2.08. The second kappa shape index (κ2) is 7.31. The number of phenols is 1. The smallest absolute Gasteiger partial charge is 0.255 e. The number of anilines is 2. The summed E-state index contributed by atoms with van der Waals surface area (Å²) >= 11 is 0. The van der Waals surface area contributed by atoms with E-state index in [2.05, 4.69) is 10.6 Å². The summed E-state index contributed by atoms with van der Waals surface area (Å²) in [7, 11) is 0. The van der Waals surface area contributed by atoms with Crippen LogP contribution >= 0.6 is 0 Å². The van der Waals surface area contributed by atoms with Gasteiger partial charge in [0.2, 0.25) is 0 Å². The van der Waals surface area contributed by atoms with Gasteiger partial charge in [0.25, 0.3) is 11.8 Å². The summed E-state index contributed by atoms with van der Waals surface area (Å²) in [6.45, 7) is 0. The first-order valence-corrected chi connectivity index (χ1v) is 7.69. The highest BCUT2D eigenvalue weighted by Crippen LogP contribution is 2.22. The lowest BCUT2D eigenvalue weighted by Crippen LogP contribution is -2.13. The van der Waals surface area contributed by atoms with Crippen LogP contribution in [-0.4, -0.2) is 16.9 Å². The van der Waals surface area contributed by atoms with Crippen molar-refractivity contribution in [2.45, 2.75) is 0 Å². The summed E-state index contributed by atoms with van der Waals surface area (Å²) in [6, 6.07) is 21.9. The van der Waals surface area contributed by atoms with Crippen LogP contribution in [0.4, 0.5) is 11.4 Å². The van der Waals surface area contributed by atoms with E-state index < -0.39 is 0 Å². The van der Waals surface area contributed by atoms with Crippen LogP contribution in [0.15, 0.2) is 78.9 Å². The van der Waals surface area contributed by atoms with E-state index in [-0.39, 0.29) is 17.6 Å². The summed E-state index contributed by atoms with van der Waals surface area (Å²) in [5.74, 6) is -0.558. The highest BCUT2D eigenvalue weighted by Gasteiger charge is 2.09. The van der Waals surface area contributed by atoms with Gasteiger partial charge in [-0.3, -0.25) is 9.59 Å². The number of carbonyl (C=O) groups is 2. The second-order valence-corrected chi connectivity index (χ2v) is 5.37. The van der Waals surface area contributed by atoms with E-state index in [0.29, 0.717) is 22.5 Å². The fourth-order valence-electron chi connectivity index (χ4n) is 2.27. The average Bonchev–Trinajstić information content (AvgIpc) is 2.65. The maximum absolute atomic E-state index is 12.2. The molecule has 2 amide bonds. The molecule has 3 N–H and O–H groups in total. The van der Waals surface area contributed by atoms with Gasteiger partial charge in [-0.15, -0.1) is 0 Å². The number of benzene rings is 3. The molecule has 0 heterocycles. The lowest BCUT2D eigenvalue weighted by atomic mass is 10.1. The van der Waals surface area contributed by atoms with Gasteiger partial charge in [-0.05, 0) is 48.5 Å². The van der Waals surface area contributed by atoms with Crippen molar-refractivity contribution < 1.29 is 14.7 Å². The van der Waals surface area contributed by atoms with E-state index in [4.69, 9.17) is 0 Å². The fourth-order valence-corrected chi connectivity index (χ4v) is 2.27. The van der Waals surface area contributed by atoms with E-state index in [1.807, 2.05) is 6.07 Å². The maximum atomic E-state index is 12.2. The van der Waals surface area contributed by atoms with Gasteiger partial charge < -0.3 is 15.7 Å². The molecule has 0 spiro atoms. The zero-order valence-corrected chi connectivity index (χ0v) is 13.3. The Morgan fingerprint density at radius 1 is 0.640 bits per heavy atom. The molecule has 0 saturated carbocycles. The van der Waals surface area contributed by atoms with Crippen LogP contribution in [0.25, 0.3) is 0 Å². The van der Waals surface area contributed by atoms with Gasteiger partial charge in [0.1, 0.15) is 5.75 Å². The third-order valence-electron chi connectivity index (χ3n) is 3.59. The molecule has 5 nitrogen and oxygen atoms in total. The second-order valence-electron chi connectivity index (χ2n) is 5.37. The molecule has 0 unspecified atom stereocenters. The van der Waals surface area contributed by atoms with E-state index in [1.165, 1.54) is 6.07 Å². The largest absolute Gasteiger partial charge is 0.506 e. The first kappa shape index (κ1) is 16.3. The van der Waals surface area contributed by atoms with E-state index in [1.54, 1.807) is 66.7 Å². The summed E-state index contributed by atoms with van der Waals surface area (Å²) < 4.78 is 0. The van der Waals surface area contributed by atoms with E-state index in [0.717, 1.165) is 0 Å². The highest BCUT2D eigenvalue weighted by molar-refractivity contribution is 6.06. The van der Waals surface area contributed by atoms with Crippen LogP contribution in [0.2, 0.25) is 0 Å². The molecule has 124 valence electrons. The van der Waals surface area contributed by atoms with Crippen molar-refractivity contribution in [3.05, 3.63) is 90.0 Å². The topological polar surface area (TPSA) is 78.4 Å². The normalized spacial score (nSPS) is 10.1. The van der Waals surface area contributed by atoms with Crippen molar-refractivity contribution in [3.8, 4) is 5.75 Å². The Hall–Kier alpha value is -3.60. The van der Waals surface area contributed by atoms with Gasteiger partial charge in [-0.2, -0.15) is 0 Å². The Kier molecular flexibility index (Phi) is 4.76. The summed E-state index contributed by atoms with van der Waals surface area (Å²) in [5, 5.41) is 15.1. The standard InChI is InChI=1S/C20H16N2O3/c23-18-9-5-4-8-17(18)22-20(25)15-10-12-16(13-11-15)21-19(24)14-6-2-1-3-7-14/h1-13,23H,(H,21,24)(H,22,25). The van der Waals surface area contributed by atoms with E-state index in [9.17, 15) is 14.7 Å². The predicted molar refractivity (Wildman–Crippen MR) is 96.9 cm³/mol. The van der Waals surface area contributed by atoms with Crippen LogP contribution in [0.1, 0.15) is 20.7 Å². The number of phenolic OH excluding ortho intramolecular Hbond substituents is 1. The molecule has 25 heavy (non-hydrogen) atoms. The average molecular weight is 332 g/mol. The molecule has 0 aliphatic carbocycles. The summed E-state index contributed by atoms with van der Waals surface area (Å²) in [5.41, 5.74) is 1.91. The van der Waals surface area contributed by atoms with Gasteiger partial charge >= 0.3 is 0 Å². The molecule has 5 heteroatoms. The van der Waals surface area contributed by atoms with Gasteiger partial charge in [-0.25, -0.2) is 0 Å². The first-order valence-electron chi connectivity index (χ1n) is 7.69. The number of amides is 2. The summed E-state index contributed by atoms with van der Waals surface area (Å²) in [6.07, 6.45) is 0. The molecule has 3 aromatic rings. The fraction of sp³-hybridized carbons (Fsp3) is 0. The number of hydrogen-bond acceptors (Lipinski definition) is 3. The molecule has 0 saturated heterocycles. The molecular formula is C20H16N2O3. The van der Waals surface area contributed by atoms with Crippen LogP contribution < -0.4 is 10.6 Å². The minimum absolute atomic E-state index is 0.00240. The number of hydrogen-bond donors (Lipinski definition) is 3. The van der Waals surface area contributed by atoms with Crippen molar-refractivity contribution in [1.82, 2.24) is 0 Å². The van der Waals surface area contributed by atoms with Crippen LogP contribution in [0.5, 0.6) is 5.75 Å². The molecule has 3 rings (SSSR count). The van der Waals surface area contributed by atoms with E-state index >= 15 is 0 Å². The molecule has 0 aliphatic heterocycles. The Morgan fingerprint density at radius 2 is 1.20 bits per heavy atom. The number of aromatic hydroxyl groups is 1. The number of nitrogens with one attached hydrogen (secondary N) is 2. The number of rotatable bonds is 4. The Bertz CT molecular complexity index is 890. The Labute approximate surface area is 144 Å². The van der Waals surface area contributed by atoms with Gasteiger partial charge in [0, 0.05) is 16.8 Å². The number of carbonyl (C=O) groups excluding carboxylic acids is 2. The Morgan fingerprint density at radius 3 is 1.88 bits per heavy atom. The van der Waals surface area contributed by atoms with Crippen molar-refractivity contribution in [1.29, 1.82) is 0 Å². The molecule has 0 bridgehead atoms. The number of para-hydroxylation sites is 2. The van der Waals surface area contributed by atoms with Crippen molar-refractivity contribution in [3.63, 3.8) is 0 Å². The van der Waals surface area contributed by atoms with Crippen LogP contribution in [-0.2, 0) is 0 Å². The monoisotopic (exact) mass is 332 g/mol. The molecule has 0 aromatic heterocycles. The molecule has 0 aliphatic rings. The third kappa shape index (κ3) is 4.03. The minimum Gasteiger partial charge on any atom is -0.506 e. The lowest BCUT2D eigenvalue weighted by molar-refractivity contribution is 0.101. The van der Waals surface area contributed by atoms with Gasteiger partial charge in [-0.1, -0.05) is 30.3 Å². The Balaban J connectivity index is 1.67. The van der Waals surface area contributed by atoms with Crippen molar-refractivity contribution in [2.24, 2.45) is 0 Å². The van der Waals surface area contributed by atoms with Crippen LogP contribution in [0, 0.1) is 0 Å². The summed E-state index contributed by atoms with van der Waals surface area (Å²) in [4.78, 5) is 24.3. The highest BCUT2D eigenvalue weighted by atomic mass is 16.3. The maximum Gasteiger partial charge on any atom is 0.255 e. The molecule has 0 radical (unpaired) electrons. The molecule has 0 fully saturated rings. The molecule has 3 aromatic carbocycles. The SMILES string of the molecule is O=C(Nc1ccc(C(=O)Nc2ccccc2O)cc1)c1ccccc1. The minimum atomic E-state index is -0.345. The zero-order chi connectivity index (χ0) is 17.6. The zero-order valence-electron chi connectivity index (χ0n) is 13.3. The van der Waals surface area contributed by atoms with Gasteiger partial charge in [0.15, 0.2) is 0 Å². The predicted octanol–water partition coefficient (Wildman–Crippen LogP) is 3.90. The van der Waals surface area contributed by atoms with Crippen molar-refractivity contribution >= 4 is 23.2 Å². The molecular weight excluding hydrogens is 316 g/mol. The quantitative estimate of drug-likeness (QED) is 0.634. The van der Waals surface area contributed by atoms with Crippen LogP contribution in [0.3, 0.4) is 0 Å². The molecule has 0 atom stereocenters. The first-order chi connectivity index (χ1) is 12.1. The van der Waals surface area contributed by atoms with Gasteiger partial charge in [0.05, 0.1) is 5.69 Å². The third-order valence-corrected chi connectivity index (χ3v) is 3.59. The van der Waals surface area contributed by atoms with Crippen molar-refractivity contribution in [2.75, 3.05) is 10.6 Å².